The van der Waals surface area contributed by atoms with E-state index in [0.29, 0.717) is 24.1 Å². The second-order valence-electron chi connectivity index (χ2n) is 6.30. The largest absolute Gasteiger partial charge is 0.453 e. The molecular weight excluding hydrogens is 323 g/mol. The normalized spacial score (nSPS) is 26.9. The lowest BCUT2D eigenvalue weighted by molar-refractivity contribution is -0.144. The molecule has 5 heterocycles. The van der Waals surface area contributed by atoms with Crippen LogP contribution in [0.1, 0.15) is 11.5 Å². The number of rotatable bonds is 3. The van der Waals surface area contributed by atoms with Crippen LogP contribution in [0.5, 0.6) is 0 Å². The highest BCUT2D eigenvalue weighted by atomic mass is 19.4. The summed E-state index contributed by atoms with van der Waals surface area (Å²) in [5.74, 6) is -0.729. The monoisotopic (exact) mass is 341 g/mol. The third-order valence-electron chi connectivity index (χ3n) is 4.60. The molecule has 10 heteroatoms. The standard InChI is InChI=1S/C14H18F3N7/c1-9-6-11(18-7-10-8-22-2-4-23(10)5-3-22)24-13(19-9)20-12(21-24)14(15,16)17/h6,10,18H,2-5,7-8H2,1H3. The number of alkyl halides is 3. The summed E-state index contributed by atoms with van der Waals surface area (Å²) in [4.78, 5) is 12.4. The van der Waals surface area contributed by atoms with Crippen molar-refractivity contribution in [2.45, 2.75) is 19.1 Å². The zero-order valence-electron chi connectivity index (χ0n) is 13.2. The van der Waals surface area contributed by atoms with Gasteiger partial charge in [0, 0.05) is 57.1 Å². The van der Waals surface area contributed by atoms with Gasteiger partial charge in [-0.1, -0.05) is 0 Å². The topological polar surface area (TPSA) is 61.6 Å². The van der Waals surface area contributed by atoms with E-state index in [2.05, 4.69) is 30.2 Å². The molecule has 2 aromatic heterocycles. The fourth-order valence-corrected chi connectivity index (χ4v) is 3.37. The van der Waals surface area contributed by atoms with Crippen LogP contribution in [-0.2, 0) is 6.18 Å². The summed E-state index contributed by atoms with van der Waals surface area (Å²) in [6, 6.07) is 2.04. The molecule has 1 atom stereocenters. The van der Waals surface area contributed by atoms with E-state index < -0.39 is 12.0 Å². The van der Waals surface area contributed by atoms with E-state index in [1.807, 2.05) is 0 Å². The first-order valence-corrected chi connectivity index (χ1v) is 7.92. The lowest BCUT2D eigenvalue weighted by atomic mass is 10.1. The Morgan fingerprint density at radius 2 is 1.96 bits per heavy atom. The number of fused-ring (bicyclic) bond motifs is 4. The van der Waals surface area contributed by atoms with Gasteiger partial charge in [0.05, 0.1) is 0 Å². The van der Waals surface area contributed by atoms with E-state index in [0.717, 1.165) is 37.2 Å². The maximum atomic E-state index is 12.8. The Morgan fingerprint density at radius 3 is 2.58 bits per heavy atom. The maximum Gasteiger partial charge on any atom is 0.453 e. The predicted octanol–water partition coefficient (Wildman–Crippen LogP) is 0.863. The lowest BCUT2D eigenvalue weighted by Gasteiger charge is -2.47. The van der Waals surface area contributed by atoms with Gasteiger partial charge in [-0.2, -0.15) is 22.7 Å². The SMILES string of the molecule is Cc1cc(NCC2CN3CCN2CC3)n2nc(C(F)(F)F)nc2n1. The van der Waals surface area contributed by atoms with Crippen LogP contribution in [0.25, 0.3) is 5.78 Å². The number of hydrogen-bond donors (Lipinski definition) is 1. The molecule has 1 N–H and O–H groups in total. The van der Waals surface area contributed by atoms with Gasteiger partial charge >= 0.3 is 6.18 Å². The van der Waals surface area contributed by atoms with E-state index in [1.165, 1.54) is 0 Å². The Bertz CT molecular complexity index is 749. The van der Waals surface area contributed by atoms with E-state index in [4.69, 9.17) is 0 Å². The molecule has 7 nitrogen and oxygen atoms in total. The Morgan fingerprint density at radius 1 is 1.21 bits per heavy atom. The minimum Gasteiger partial charge on any atom is -0.368 e. The average molecular weight is 341 g/mol. The van der Waals surface area contributed by atoms with Crippen molar-refractivity contribution in [1.29, 1.82) is 0 Å². The van der Waals surface area contributed by atoms with Crippen molar-refractivity contribution in [2.24, 2.45) is 0 Å². The van der Waals surface area contributed by atoms with Crippen LogP contribution in [0, 0.1) is 6.92 Å². The fourth-order valence-electron chi connectivity index (χ4n) is 3.37. The van der Waals surface area contributed by atoms with Gasteiger partial charge in [-0.15, -0.1) is 5.10 Å². The molecule has 0 aromatic carbocycles. The van der Waals surface area contributed by atoms with Crippen molar-refractivity contribution in [3.63, 3.8) is 0 Å². The fraction of sp³-hybridized carbons (Fsp3) is 0.643. The molecule has 2 bridgehead atoms. The van der Waals surface area contributed by atoms with Crippen LogP contribution in [0.3, 0.4) is 0 Å². The molecule has 130 valence electrons. The molecule has 0 spiro atoms. The molecule has 0 saturated carbocycles. The first-order valence-electron chi connectivity index (χ1n) is 7.92. The molecule has 0 aliphatic carbocycles. The summed E-state index contributed by atoms with van der Waals surface area (Å²) in [6.45, 7) is 7.62. The quantitative estimate of drug-likeness (QED) is 0.894. The molecule has 3 fully saturated rings. The van der Waals surface area contributed by atoms with Crippen molar-refractivity contribution < 1.29 is 13.2 Å². The highest BCUT2D eigenvalue weighted by Crippen LogP contribution is 2.27. The first kappa shape index (κ1) is 15.6. The molecular formula is C14H18F3N7. The van der Waals surface area contributed by atoms with E-state index in [1.54, 1.807) is 13.0 Å². The van der Waals surface area contributed by atoms with E-state index in [9.17, 15) is 13.2 Å². The van der Waals surface area contributed by atoms with Crippen LogP contribution in [0.2, 0.25) is 0 Å². The van der Waals surface area contributed by atoms with Gasteiger partial charge in [0.2, 0.25) is 0 Å². The van der Waals surface area contributed by atoms with Gasteiger partial charge in [-0.05, 0) is 6.92 Å². The van der Waals surface area contributed by atoms with E-state index >= 15 is 0 Å². The van der Waals surface area contributed by atoms with Gasteiger partial charge in [0.25, 0.3) is 11.6 Å². The number of halogens is 3. The second kappa shape index (κ2) is 5.55. The Hall–Kier alpha value is -1.94. The molecule has 1 unspecified atom stereocenters. The third-order valence-corrected chi connectivity index (χ3v) is 4.60. The lowest BCUT2D eigenvalue weighted by Crippen LogP contribution is -2.62. The minimum absolute atomic E-state index is 0.0426. The summed E-state index contributed by atoms with van der Waals surface area (Å²) in [5, 5.41) is 6.80. The van der Waals surface area contributed by atoms with Crippen LogP contribution in [-0.4, -0.2) is 74.7 Å². The van der Waals surface area contributed by atoms with Crippen molar-refractivity contribution in [3.05, 3.63) is 17.6 Å². The maximum absolute atomic E-state index is 12.8. The highest BCUT2D eigenvalue weighted by molar-refractivity contribution is 5.45. The van der Waals surface area contributed by atoms with Crippen LogP contribution in [0.15, 0.2) is 6.07 Å². The molecule has 3 aliphatic rings. The summed E-state index contributed by atoms with van der Waals surface area (Å²) < 4.78 is 39.6. The van der Waals surface area contributed by atoms with Gasteiger partial charge in [0.15, 0.2) is 0 Å². The van der Waals surface area contributed by atoms with E-state index in [-0.39, 0.29) is 5.78 Å². The Labute approximate surface area is 136 Å². The number of aryl methyl sites for hydroxylation is 1. The summed E-state index contributed by atoms with van der Waals surface area (Å²) in [5.41, 5.74) is 0.598. The summed E-state index contributed by atoms with van der Waals surface area (Å²) >= 11 is 0. The molecule has 0 radical (unpaired) electrons. The molecule has 3 saturated heterocycles. The number of piperazine rings is 3. The Kier molecular flexibility index (Phi) is 3.61. The highest BCUT2D eigenvalue weighted by Gasteiger charge is 2.37. The van der Waals surface area contributed by atoms with Crippen molar-refractivity contribution in [1.82, 2.24) is 29.4 Å². The molecule has 3 aliphatic heterocycles. The molecule has 5 rings (SSSR count). The predicted molar refractivity (Wildman–Crippen MR) is 80.8 cm³/mol. The summed E-state index contributed by atoms with van der Waals surface area (Å²) in [7, 11) is 0. The van der Waals surface area contributed by atoms with Crippen LogP contribution < -0.4 is 5.32 Å². The van der Waals surface area contributed by atoms with Gasteiger partial charge in [0.1, 0.15) is 5.82 Å². The second-order valence-corrected chi connectivity index (χ2v) is 6.30. The number of nitrogens with one attached hydrogen (secondary N) is 1. The zero-order chi connectivity index (χ0) is 16.9. The molecule has 2 aromatic rings. The number of nitrogens with zero attached hydrogens (tertiary/aromatic N) is 6. The van der Waals surface area contributed by atoms with Crippen LogP contribution in [0.4, 0.5) is 19.0 Å². The number of aromatic nitrogens is 4. The minimum atomic E-state index is -4.58. The number of hydrogen-bond acceptors (Lipinski definition) is 6. The van der Waals surface area contributed by atoms with Gasteiger partial charge < -0.3 is 5.32 Å². The van der Waals surface area contributed by atoms with Gasteiger partial charge in [-0.3, -0.25) is 9.80 Å². The Balaban J connectivity index is 1.58. The smallest absolute Gasteiger partial charge is 0.368 e. The van der Waals surface area contributed by atoms with Crippen molar-refractivity contribution >= 4 is 11.6 Å². The van der Waals surface area contributed by atoms with Crippen molar-refractivity contribution in [3.8, 4) is 0 Å². The number of anilines is 1. The first-order chi connectivity index (χ1) is 11.4. The molecule has 0 amide bonds. The average Bonchev–Trinajstić information content (AvgIpc) is 2.98. The van der Waals surface area contributed by atoms with Crippen LogP contribution >= 0.6 is 0 Å². The summed E-state index contributed by atoms with van der Waals surface area (Å²) in [6.07, 6.45) is -4.58. The zero-order valence-corrected chi connectivity index (χ0v) is 13.2. The molecule has 24 heavy (non-hydrogen) atoms. The van der Waals surface area contributed by atoms with Gasteiger partial charge in [-0.25, -0.2) is 4.98 Å². The van der Waals surface area contributed by atoms with Crippen molar-refractivity contribution in [2.75, 3.05) is 44.6 Å². The third kappa shape index (κ3) is 2.80.